The Labute approximate surface area is 117 Å². The second-order valence-corrected chi connectivity index (χ2v) is 5.16. The van der Waals surface area contributed by atoms with Crippen LogP contribution < -0.4 is 10.6 Å². The molecule has 1 atom stereocenters. The molecule has 1 aliphatic heterocycles. The Morgan fingerprint density at radius 1 is 1.50 bits per heavy atom. The van der Waals surface area contributed by atoms with Crippen molar-refractivity contribution in [3.8, 4) is 6.07 Å². The maximum absolute atomic E-state index is 12.8. The molecule has 2 rings (SSSR count). The van der Waals surface area contributed by atoms with Crippen LogP contribution in [0.15, 0.2) is 18.2 Å². The first kappa shape index (κ1) is 14.7. The van der Waals surface area contributed by atoms with Crippen LogP contribution in [0.1, 0.15) is 11.1 Å². The number of carbonyl (C=O) groups is 1. The van der Waals surface area contributed by atoms with Crippen LogP contribution in [0.3, 0.4) is 0 Å². The van der Waals surface area contributed by atoms with Gasteiger partial charge in [-0.15, -0.1) is 11.8 Å². The zero-order valence-corrected chi connectivity index (χ0v) is 10.9. The van der Waals surface area contributed by atoms with Crippen LogP contribution in [-0.2, 0) is 11.0 Å². The van der Waals surface area contributed by atoms with Crippen molar-refractivity contribution in [2.45, 2.75) is 12.2 Å². The lowest BCUT2D eigenvalue weighted by Crippen LogP contribution is -2.37. The standard InChI is InChI=1S/C12H10F3N3OS/c13-12(14,15)9-3-8(2-1-7(9)4-16)18-11(19)10-5-20-6-17-10/h1-3,10,17H,5-6H2,(H,18,19). The van der Waals surface area contributed by atoms with Crippen molar-refractivity contribution in [3.63, 3.8) is 0 Å². The van der Waals surface area contributed by atoms with Crippen molar-refractivity contribution >= 4 is 23.4 Å². The van der Waals surface area contributed by atoms with Crippen LogP contribution in [-0.4, -0.2) is 23.6 Å². The second kappa shape index (κ2) is 5.73. The third-order valence-electron chi connectivity index (χ3n) is 2.75. The van der Waals surface area contributed by atoms with E-state index in [2.05, 4.69) is 10.6 Å². The van der Waals surface area contributed by atoms with Gasteiger partial charge in [-0.05, 0) is 18.2 Å². The summed E-state index contributed by atoms with van der Waals surface area (Å²) in [5.74, 6) is 0.834. The van der Waals surface area contributed by atoms with Gasteiger partial charge >= 0.3 is 6.18 Å². The summed E-state index contributed by atoms with van der Waals surface area (Å²) in [5, 5.41) is 14.0. The van der Waals surface area contributed by atoms with E-state index in [1.165, 1.54) is 23.9 Å². The number of thioether (sulfide) groups is 1. The molecule has 20 heavy (non-hydrogen) atoms. The summed E-state index contributed by atoms with van der Waals surface area (Å²) < 4.78 is 38.3. The van der Waals surface area contributed by atoms with Gasteiger partial charge in [0.15, 0.2) is 0 Å². The minimum absolute atomic E-state index is 0.0278. The minimum Gasteiger partial charge on any atom is -0.325 e. The van der Waals surface area contributed by atoms with E-state index in [0.717, 1.165) is 12.1 Å². The number of alkyl halides is 3. The molecule has 0 radical (unpaired) electrons. The molecule has 1 amide bonds. The van der Waals surface area contributed by atoms with Gasteiger partial charge in [0, 0.05) is 17.3 Å². The summed E-state index contributed by atoms with van der Waals surface area (Å²) in [7, 11) is 0. The third-order valence-corrected chi connectivity index (χ3v) is 3.69. The Bertz CT molecular complexity index is 562. The van der Waals surface area contributed by atoms with Crippen LogP contribution in [0.25, 0.3) is 0 Å². The first-order valence-electron chi connectivity index (χ1n) is 5.65. The molecule has 0 aromatic heterocycles. The average molecular weight is 301 g/mol. The van der Waals surface area contributed by atoms with Crippen LogP contribution in [0.4, 0.5) is 18.9 Å². The van der Waals surface area contributed by atoms with E-state index in [4.69, 9.17) is 5.26 Å². The van der Waals surface area contributed by atoms with Crippen molar-refractivity contribution in [3.05, 3.63) is 29.3 Å². The highest BCUT2D eigenvalue weighted by molar-refractivity contribution is 7.99. The normalized spacial score (nSPS) is 18.6. The Kier molecular flexibility index (Phi) is 4.20. The van der Waals surface area contributed by atoms with Gasteiger partial charge in [0.05, 0.1) is 23.2 Å². The predicted octanol–water partition coefficient (Wildman–Crippen LogP) is 2.18. The largest absolute Gasteiger partial charge is 0.417 e. The summed E-state index contributed by atoms with van der Waals surface area (Å²) in [6.45, 7) is 0. The molecule has 1 saturated heterocycles. The van der Waals surface area contributed by atoms with Gasteiger partial charge in [-0.2, -0.15) is 18.4 Å². The first-order valence-corrected chi connectivity index (χ1v) is 6.80. The number of nitrogens with zero attached hydrogens (tertiary/aromatic N) is 1. The highest BCUT2D eigenvalue weighted by Gasteiger charge is 2.34. The van der Waals surface area contributed by atoms with Crippen molar-refractivity contribution in [1.82, 2.24) is 5.32 Å². The Morgan fingerprint density at radius 2 is 2.25 bits per heavy atom. The number of halogens is 3. The molecular weight excluding hydrogens is 291 g/mol. The van der Waals surface area contributed by atoms with Crippen LogP contribution in [0.5, 0.6) is 0 Å². The van der Waals surface area contributed by atoms with E-state index in [1.54, 1.807) is 0 Å². The SMILES string of the molecule is N#Cc1ccc(NC(=O)C2CSCN2)cc1C(F)(F)F. The molecule has 1 unspecified atom stereocenters. The lowest BCUT2D eigenvalue weighted by Gasteiger charge is -2.13. The molecule has 8 heteroatoms. The van der Waals surface area contributed by atoms with E-state index in [1.807, 2.05) is 0 Å². The van der Waals surface area contributed by atoms with Crippen molar-refractivity contribution in [2.24, 2.45) is 0 Å². The lowest BCUT2D eigenvalue weighted by atomic mass is 10.1. The molecule has 0 aliphatic carbocycles. The zero-order chi connectivity index (χ0) is 14.8. The van der Waals surface area contributed by atoms with Crippen LogP contribution in [0, 0.1) is 11.3 Å². The molecule has 2 N–H and O–H groups in total. The minimum atomic E-state index is -4.63. The molecule has 1 heterocycles. The Hall–Kier alpha value is -1.72. The molecule has 0 spiro atoms. The van der Waals surface area contributed by atoms with Gasteiger partial charge in [0.2, 0.25) is 5.91 Å². The van der Waals surface area contributed by atoms with Gasteiger partial charge in [0.1, 0.15) is 0 Å². The number of nitrogens with one attached hydrogen (secondary N) is 2. The fourth-order valence-electron chi connectivity index (χ4n) is 1.75. The van der Waals surface area contributed by atoms with Gasteiger partial charge in [-0.25, -0.2) is 0 Å². The van der Waals surface area contributed by atoms with E-state index < -0.39 is 23.3 Å². The molecule has 106 valence electrons. The lowest BCUT2D eigenvalue weighted by molar-refractivity contribution is -0.137. The number of rotatable bonds is 2. The molecule has 1 fully saturated rings. The quantitative estimate of drug-likeness (QED) is 0.879. The Balaban J connectivity index is 2.21. The topological polar surface area (TPSA) is 64.9 Å². The first-order chi connectivity index (χ1) is 9.41. The number of benzene rings is 1. The van der Waals surface area contributed by atoms with Gasteiger partial charge in [-0.1, -0.05) is 0 Å². The number of amides is 1. The highest BCUT2D eigenvalue weighted by Crippen LogP contribution is 2.33. The third kappa shape index (κ3) is 3.23. The summed E-state index contributed by atoms with van der Waals surface area (Å²) in [6.07, 6.45) is -4.63. The summed E-state index contributed by atoms with van der Waals surface area (Å²) >= 11 is 1.54. The van der Waals surface area contributed by atoms with Crippen LogP contribution in [0.2, 0.25) is 0 Å². The van der Waals surface area contributed by atoms with Crippen molar-refractivity contribution in [1.29, 1.82) is 5.26 Å². The summed E-state index contributed by atoms with van der Waals surface area (Å²) in [4.78, 5) is 11.8. The highest BCUT2D eigenvalue weighted by atomic mass is 32.2. The smallest absolute Gasteiger partial charge is 0.325 e. The molecule has 0 bridgehead atoms. The van der Waals surface area contributed by atoms with E-state index in [9.17, 15) is 18.0 Å². The maximum Gasteiger partial charge on any atom is 0.417 e. The fraction of sp³-hybridized carbons (Fsp3) is 0.333. The second-order valence-electron chi connectivity index (χ2n) is 4.13. The summed E-state index contributed by atoms with van der Waals surface area (Å²) in [5.41, 5.74) is -1.49. The predicted molar refractivity (Wildman–Crippen MR) is 69.0 cm³/mol. The fourth-order valence-corrected chi connectivity index (χ4v) is 2.69. The van der Waals surface area contributed by atoms with Crippen molar-refractivity contribution < 1.29 is 18.0 Å². The number of anilines is 1. The van der Waals surface area contributed by atoms with E-state index in [0.29, 0.717) is 11.6 Å². The molecule has 1 aliphatic rings. The van der Waals surface area contributed by atoms with Crippen LogP contribution >= 0.6 is 11.8 Å². The van der Waals surface area contributed by atoms with Gasteiger partial charge < -0.3 is 5.32 Å². The molecule has 1 aromatic rings. The number of nitriles is 1. The molecule has 1 aromatic carbocycles. The number of hydrogen-bond donors (Lipinski definition) is 2. The zero-order valence-electron chi connectivity index (χ0n) is 10.1. The van der Waals surface area contributed by atoms with E-state index in [-0.39, 0.29) is 11.6 Å². The number of hydrogen-bond acceptors (Lipinski definition) is 4. The maximum atomic E-state index is 12.8. The molecular formula is C12H10F3N3OS. The average Bonchev–Trinajstić information content (AvgIpc) is 2.91. The number of carbonyl (C=O) groups excluding carboxylic acids is 1. The van der Waals surface area contributed by atoms with Gasteiger partial charge in [-0.3, -0.25) is 10.1 Å². The summed E-state index contributed by atoms with van der Waals surface area (Å²) in [6, 6.07) is 4.19. The van der Waals surface area contributed by atoms with E-state index >= 15 is 0 Å². The molecule has 0 saturated carbocycles. The Morgan fingerprint density at radius 3 is 2.80 bits per heavy atom. The van der Waals surface area contributed by atoms with Crippen molar-refractivity contribution in [2.75, 3.05) is 16.9 Å². The monoisotopic (exact) mass is 301 g/mol. The van der Waals surface area contributed by atoms with Gasteiger partial charge in [0.25, 0.3) is 0 Å². The molecule has 4 nitrogen and oxygen atoms in total.